The van der Waals surface area contributed by atoms with Crippen LogP contribution in [0.5, 0.6) is 5.75 Å². The Kier molecular flexibility index (Phi) is 5.80. The number of hydrogen-bond acceptors (Lipinski definition) is 5. The van der Waals surface area contributed by atoms with E-state index in [-0.39, 0.29) is 11.4 Å². The summed E-state index contributed by atoms with van der Waals surface area (Å²) in [6, 6.07) is 8.50. The smallest absolute Gasteiger partial charge is 0.240 e. The van der Waals surface area contributed by atoms with Crippen molar-refractivity contribution in [2.24, 2.45) is 0 Å². The molecule has 1 N–H and O–H groups in total. The number of hydrogen-bond donors (Lipinski definition) is 1. The fraction of sp³-hybridized carbons (Fsp3) is 0.353. The van der Waals surface area contributed by atoms with Gasteiger partial charge in [0.2, 0.25) is 10.0 Å². The molecule has 0 spiro atoms. The molecule has 0 unspecified atom stereocenters. The normalized spacial score (nSPS) is 11.3. The average Bonchev–Trinajstić information content (AvgIpc) is 2.55. The van der Waals surface area contributed by atoms with Crippen molar-refractivity contribution in [2.45, 2.75) is 25.3 Å². The van der Waals surface area contributed by atoms with Gasteiger partial charge in [0.25, 0.3) is 0 Å². The van der Waals surface area contributed by atoms with Gasteiger partial charge in [0.05, 0.1) is 11.5 Å². The minimum absolute atomic E-state index is 0.206. The molecule has 1 heterocycles. The maximum absolute atomic E-state index is 12.5. The highest BCUT2D eigenvalue weighted by molar-refractivity contribution is 7.89. The van der Waals surface area contributed by atoms with E-state index in [2.05, 4.69) is 9.71 Å². The van der Waals surface area contributed by atoms with Gasteiger partial charge in [-0.3, -0.25) is 0 Å². The summed E-state index contributed by atoms with van der Waals surface area (Å²) in [5, 5.41) is 0. The van der Waals surface area contributed by atoms with Gasteiger partial charge in [-0.15, -0.1) is 0 Å². The topological polar surface area (TPSA) is 71.5 Å². The lowest BCUT2D eigenvalue weighted by Crippen LogP contribution is -2.23. The summed E-state index contributed by atoms with van der Waals surface area (Å²) in [4.78, 5) is 6.31. The van der Waals surface area contributed by atoms with E-state index in [1.165, 1.54) is 0 Å². The Morgan fingerprint density at radius 2 is 1.96 bits per heavy atom. The fourth-order valence-corrected chi connectivity index (χ4v) is 3.29. The number of pyridine rings is 1. The fourth-order valence-electron chi connectivity index (χ4n) is 2.18. The van der Waals surface area contributed by atoms with Crippen LogP contribution in [0, 0.1) is 6.92 Å². The molecule has 0 aliphatic carbocycles. The molecule has 0 radical (unpaired) electrons. The number of benzene rings is 1. The minimum Gasteiger partial charge on any atom is -0.494 e. The van der Waals surface area contributed by atoms with E-state index in [9.17, 15) is 8.42 Å². The van der Waals surface area contributed by atoms with Crippen molar-refractivity contribution in [1.29, 1.82) is 0 Å². The Bertz CT molecular complexity index is 804. The van der Waals surface area contributed by atoms with Crippen LogP contribution in [0.25, 0.3) is 0 Å². The molecule has 1 aromatic heterocycles. The maximum atomic E-state index is 12.5. The monoisotopic (exact) mass is 349 g/mol. The zero-order valence-corrected chi connectivity index (χ0v) is 15.2. The molecule has 0 saturated carbocycles. The van der Waals surface area contributed by atoms with Gasteiger partial charge >= 0.3 is 0 Å². The quantitative estimate of drug-likeness (QED) is 0.831. The van der Waals surface area contributed by atoms with Crippen LogP contribution < -0.4 is 14.4 Å². The third kappa shape index (κ3) is 4.46. The van der Waals surface area contributed by atoms with Crippen molar-refractivity contribution in [3.8, 4) is 5.75 Å². The van der Waals surface area contributed by atoms with Gasteiger partial charge in [-0.2, -0.15) is 0 Å². The van der Waals surface area contributed by atoms with Crippen molar-refractivity contribution >= 4 is 15.8 Å². The summed E-state index contributed by atoms with van der Waals surface area (Å²) in [5.74, 6) is 1.48. The molecule has 2 aromatic rings. The lowest BCUT2D eigenvalue weighted by atomic mass is 10.2. The third-order valence-corrected chi connectivity index (χ3v) is 4.89. The summed E-state index contributed by atoms with van der Waals surface area (Å²) >= 11 is 0. The second-order valence-corrected chi connectivity index (χ2v) is 7.37. The van der Waals surface area contributed by atoms with E-state index in [0.29, 0.717) is 12.4 Å². The molecule has 7 heteroatoms. The average molecular weight is 349 g/mol. The van der Waals surface area contributed by atoms with E-state index < -0.39 is 10.0 Å². The summed E-state index contributed by atoms with van der Waals surface area (Å²) in [5.41, 5.74) is 1.64. The van der Waals surface area contributed by atoms with Gasteiger partial charge in [-0.05, 0) is 55.3 Å². The van der Waals surface area contributed by atoms with Gasteiger partial charge in [0.15, 0.2) is 0 Å². The van der Waals surface area contributed by atoms with Crippen LogP contribution in [-0.2, 0) is 16.6 Å². The Morgan fingerprint density at radius 1 is 1.21 bits per heavy atom. The summed E-state index contributed by atoms with van der Waals surface area (Å²) in [7, 11) is 0.190. The first-order valence-corrected chi connectivity index (χ1v) is 9.17. The molecular weight excluding hydrogens is 326 g/mol. The lowest BCUT2D eigenvalue weighted by molar-refractivity contribution is 0.337. The van der Waals surface area contributed by atoms with E-state index in [1.807, 2.05) is 38.9 Å². The standard InChI is InChI=1S/C17H23N3O3S/c1-5-23-16-7-6-15(10-13(16)2)24(21,22)19-12-14-8-9-18-17(11-14)20(3)4/h6-11,19H,5,12H2,1-4H3. The van der Waals surface area contributed by atoms with Gasteiger partial charge in [0, 0.05) is 26.8 Å². The molecule has 0 amide bonds. The van der Waals surface area contributed by atoms with Crippen molar-refractivity contribution < 1.29 is 13.2 Å². The molecule has 0 atom stereocenters. The number of nitrogens with one attached hydrogen (secondary N) is 1. The Labute approximate surface area is 143 Å². The summed E-state index contributed by atoms with van der Waals surface area (Å²) in [6.07, 6.45) is 1.67. The van der Waals surface area contributed by atoms with Crippen LogP contribution in [0.3, 0.4) is 0 Å². The highest BCUT2D eigenvalue weighted by Gasteiger charge is 2.15. The molecule has 0 aliphatic rings. The number of rotatable bonds is 7. The number of sulfonamides is 1. The van der Waals surface area contributed by atoms with E-state index in [1.54, 1.807) is 30.5 Å². The molecule has 0 fully saturated rings. The molecule has 1 aromatic carbocycles. The lowest BCUT2D eigenvalue weighted by Gasteiger charge is -2.13. The molecule has 0 bridgehead atoms. The number of aromatic nitrogens is 1. The Balaban J connectivity index is 2.14. The second-order valence-electron chi connectivity index (χ2n) is 5.60. The highest BCUT2D eigenvalue weighted by atomic mass is 32.2. The molecular formula is C17H23N3O3S. The number of ether oxygens (including phenoxy) is 1. The van der Waals surface area contributed by atoms with Gasteiger partial charge in [-0.1, -0.05) is 0 Å². The minimum atomic E-state index is -3.59. The predicted molar refractivity (Wildman–Crippen MR) is 94.9 cm³/mol. The molecule has 24 heavy (non-hydrogen) atoms. The van der Waals surface area contributed by atoms with E-state index in [4.69, 9.17) is 4.74 Å². The van der Waals surface area contributed by atoms with Crippen LogP contribution in [-0.4, -0.2) is 34.1 Å². The molecule has 2 rings (SSSR count). The highest BCUT2D eigenvalue weighted by Crippen LogP contribution is 2.22. The van der Waals surface area contributed by atoms with E-state index >= 15 is 0 Å². The van der Waals surface area contributed by atoms with Crippen molar-refractivity contribution in [3.63, 3.8) is 0 Å². The van der Waals surface area contributed by atoms with E-state index in [0.717, 1.165) is 16.9 Å². The number of anilines is 1. The number of nitrogens with zero attached hydrogens (tertiary/aromatic N) is 2. The Morgan fingerprint density at radius 3 is 2.58 bits per heavy atom. The van der Waals surface area contributed by atoms with Crippen LogP contribution in [0.1, 0.15) is 18.1 Å². The van der Waals surface area contributed by atoms with Crippen LogP contribution in [0.2, 0.25) is 0 Å². The summed E-state index contributed by atoms with van der Waals surface area (Å²) in [6.45, 7) is 4.47. The summed E-state index contributed by atoms with van der Waals surface area (Å²) < 4.78 is 33.0. The molecule has 130 valence electrons. The van der Waals surface area contributed by atoms with Crippen LogP contribution in [0.15, 0.2) is 41.4 Å². The first-order valence-electron chi connectivity index (χ1n) is 7.69. The zero-order chi connectivity index (χ0) is 17.7. The van der Waals surface area contributed by atoms with Crippen LogP contribution in [0.4, 0.5) is 5.82 Å². The SMILES string of the molecule is CCOc1ccc(S(=O)(=O)NCc2ccnc(N(C)C)c2)cc1C. The van der Waals surface area contributed by atoms with Gasteiger partial charge < -0.3 is 9.64 Å². The predicted octanol–water partition coefficient (Wildman–Crippen LogP) is 2.33. The third-order valence-electron chi connectivity index (χ3n) is 3.49. The Hall–Kier alpha value is -2.12. The van der Waals surface area contributed by atoms with Crippen molar-refractivity contribution in [2.75, 3.05) is 25.6 Å². The van der Waals surface area contributed by atoms with Crippen LogP contribution >= 0.6 is 0 Å². The zero-order valence-electron chi connectivity index (χ0n) is 14.4. The van der Waals surface area contributed by atoms with Gasteiger partial charge in [0.1, 0.15) is 11.6 Å². The second kappa shape index (κ2) is 7.63. The number of aryl methyl sites for hydroxylation is 1. The van der Waals surface area contributed by atoms with Crippen molar-refractivity contribution in [1.82, 2.24) is 9.71 Å². The van der Waals surface area contributed by atoms with Gasteiger partial charge in [-0.25, -0.2) is 18.1 Å². The largest absolute Gasteiger partial charge is 0.494 e. The first-order chi connectivity index (χ1) is 11.3. The first kappa shape index (κ1) is 18.2. The van der Waals surface area contributed by atoms with Crippen molar-refractivity contribution in [3.05, 3.63) is 47.7 Å². The maximum Gasteiger partial charge on any atom is 0.240 e. The molecule has 0 saturated heterocycles. The molecule has 6 nitrogen and oxygen atoms in total. The molecule has 0 aliphatic heterocycles.